The lowest BCUT2D eigenvalue weighted by molar-refractivity contribution is -0.195. The van der Waals surface area contributed by atoms with E-state index < -0.39 is 6.04 Å². The number of aliphatic hydroxyl groups excluding tert-OH is 1. The third-order valence-corrected chi connectivity index (χ3v) is 4.61. The highest BCUT2D eigenvalue weighted by atomic mass is 127. The minimum Gasteiger partial charge on any atom is -0.461 e. The summed E-state index contributed by atoms with van der Waals surface area (Å²) < 4.78 is 6.44. The standard InChI is InChI=1S/C14H16INO4/c1-8-12-11(7-17)20-16(13(12)14(18)19-8)6-9-2-4-10(15)5-3-9/h2-5,8,11-13,17H,6-7H2,1H3/t8-,11-,12+,13-/m0/s1. The van der Waals surface area contributed by atoms with Gasteiger partial charge in [0.25, 0.3) is 0 Å². The van der Waals surface area contributed by atoms with E-state index >= 15 is 0 Å². The summed E-state index contributed by atoms with van der Waals surface area (Å²) in [6, 6.07) is 7.64. The number of rotatable bonds is 3. The molecule has 2 heterocycles. The molecule has 0 bridgehead atoms. The van der Waals surface area contributed by atoms with Gasteiger partial charge in [0.1, 0.15) is 18.2 Å². The predicted molar refractivity (Wildman–Crippen MR) is 79.5 cm³/mol. The molecule has 0 amide bonds. The summed E-state index contributed by atoms with van der Waals surface area (Å²) in [7, 11) is 0. The van der Waals surface area contributed by atoms with Gasteiger partial charge >= 0.3 is 5.97 Å². The molecule has 5 nitrogen and oxygen atoms in total. The van der Waals surface area contributed by atoms with Gasteiger partial charge in [-0.05, 0) is 47.2 Å². The Kier molecular flexibility index (Phi) is 3.98. The normalized spacial score (nSPS) is 33.2. The van der Waals surface area contributed by atoms with E-state index in [1.807, 2.05) is 31.2 Å². The Balaban J connectivity index is 1.80. The van der Waals surface area contributed by atoms with E-state index in [0.29, 0.717) is 6.54 Å². The first kappa shape index (κ1) is 14.2. The number of benzene rings is 1. The highest BCUT2D eigenvalue weighted by Crippen LogP contribution is 2.38. The summed E-state index contributed by atoms with van der Waals surface area (Å²) in [5, 5.41) is 11.1. The number of ether oxygens (including phenoxy) is 1. The van der Waals surface area contributed by atoms with Gasteiger partial charge < -0.3 is 9.84 Å². The smallest absolute Gasteiger partial charge is 0.326 e. The second-order valence-corrected chi connectivity index (χ2v) is 6.44. The van der Waals surface area contributed by atoms with Crippen LogP contribution in [0.5, 0.6) is 0 Å². The number of hydrogen-bond acceptors (Lipinski definition) is 5. The van der Waals surface area contributed by atoms with E-state index in [-0.39, 0.29) is 30.7 Å². The van der Waals surface area contributed by atoms with Crippen molar-refractivity contribution in [3.63, 3.8) is 0 Å². The average molecular weight is 389 g/mol. The first-order valence-corrected chi connectivity index (χ1v) is 7.67. The molecule has 0 unspecified atom stereocenters. The monoisotopic (exact) mass is 389 g/mol. The van der Waals surface area contributed by atoms with E-state index in [2.05, 4.69) is 22.6 Å². The van der Waals surface area contributed by atoms with Crippen LogP contribution in [0, 0.1) is 9.49 Å². The van der Waals surface area contributed by atoms with E-state index in [1.54, 1.807) is 5.06 Å². The maximum atomic E-state index is 12.0. The summed E-state index contributed by atoms with van der Waals surface area (Å²) in [4.78, 5) is 17.7. The number of aliphatic hydroxyl groups is 1. The minimum atomic E-state index is -0.415. The van der Waals surface area contributed by atoms with Crippen molar-refractivity contribution in [3.05, 3.63) is 33.4 Å². The molecule has 0 spiro atoms. The molecule has 0 radical (unpaired) electrons. The second-order valence-electron chi connectivity index (χ2n) is 5.19. The summed E-state index contributed by atoms with van der Waals surface area (Å²) in [6.45, 7) is 2.25. The molecule has 2 aliphatic rings. The topological polar surface area (TPSA) is 59.0 Å². The Morgan fingerprint density at radius 2 is 2.05 bits per heavy atom. The van der Waals surface area contributed by atoms with Crippen molar-refractivity contribution < 1.29 is 19.5 Å². The fourth-order valence-corrected chi connectivity index (χ4v) is 3.29. The van der Waals surface area contributed by atoms with Crippen molar-refractivity contribution in [1.29, 1.82) is 0 Å². The molecule has 0 aromatic heterocycles. The van der Waals surface area contributed by atoms with Crippen molar-refractivity contribution in [3.8, 4) is 0 Å². The predicted octanol–water partition coefficient (Wildman–Crippen LogP) is 1.33. The molecule has 6 heteroatoms. The van der Waals surface area contributed by atoms with Crippen LogP contribution in [0.15, 0.2) is 24.3 Å². The van der Waals surface area contributed by atoms with E-state index in [1.165, 1.54) is 0 Å². The molecule has 0 saturated carbocycles. The molecule has 1 N–H and O–H groups in total. The largest absolute Gasteiger partial charge is 0.461 e. The Morgan fingerprint density at radius 3 is 2.70 bits per heavy atom. The van der Waals surface area contributed by atoms with Crippen LogP contribution in [-0.4, -0.2) is 41.0 Å². The van der Waals surface area contributed by atoms with Crippen LogP contribution in [0.4, 0.5) is 0 Å². The summed E-state index contributed by atoms with van der Waals surface area (Å²) in [6.07, 6.45) is -0.586. The van der Waals surface area contributed by atoms with Crippen LogP contribution in [0.25, 0.3) is 0 Å². The molecule has 2 saturated heterocycles. The lowest BCUT2D eigenvalue weighted by Gasteiger charge is -2.20. The van der Waals surface area contributed by atoms with Crippen molar-refractivity contribution in [2.45, 2.75) is 31.7 Å². The molecule has 1 aromatic carbocycles. The number of halogens is 1. The van der Waals surface area contributed by atoms with Gasteiger partial charge in [-0.1, -0.05) is 12.1 Å². The van der Waals surface area contributed by atoms with Gasteiger partial charge in [-0.2, -0.15) is 5.06 Å². The summed E-state index contributed by atoms with van der Waals surface area (Å²) in [5.41, 5.74) is 1.06. The van der Waals surface area contributed by atoms with Gasteiger partial charge in [-0.25, -0.2) is 0 Å². The number of hydroxylamine groups is 2. The van der Waals surface area contributed by atoms with Gasteiger partial charge in [-0.3, -0.25) is 9.63 Å². The third-order valence-electron chi connectivity index (χ3n) is 3.89. The number of carbonyl (C=O) groups is 1. The number of esters is 1. The molecule has 2 fully saturated rings. The molecular weight excluding hydrogens is 373 g/mol. The SMILES string of the molecule is C[C@@H]1OC(=O)[C@@H]2[C@H]1[C@H](CO)ON2Cc1ccc(I)cc1. The van der Waals surface area contributed by atoms with Gasteiger partial charge in [-0.15, -0.1) is 0 Å². The van der Waals surface area contributed by atoms with E-state index in [9.17, 15) is 9.90 Å². The van der Waals surface area contributed by atoms with Crippen LogP contribution in [-0.2, 0) is 20.9 Å². The van der Waals surface area contributed by atoms with Crippen LogP contribution in [0.3, 0.4) is 0 Å². The molecule has 2 aliphatic heterocycles. The third kappa shape index (κ3) is 2.45. The molecular formula is C14H16INO4. The zero-order valence-corrected chi connectivity index (χ0v) is 13.2. The molecule has 3 rings (SSSR count). The van der Waals surface area contributed by atoms with Crippen molar-refractivity contribution >= 4 is 28.6 Å². The number of nitrogens with zero attached hydrogens (tertiary/aromatic N) is 1. The molecule has 1 aromatic rings. The van der Waals surface area contributed by atoms with Gasteiger partial charge in [0, 0.05) is 3.57 Å². The first-order chi connectivity index (χ1) is 9.60. The first-order valence-electron chi connectivity index (χ1n) is 6.59. The van der Waals surface area contributed by atoms with Crippen LogP contribution in [0.1, 0.15) is 12.5 Å². The number of cyclic esters (lactones) is 1. The quantitative estimate of drug-likeness (QED) is 0.625. The van der Waals surface area contributed by atoms with E-state index in [0.717, 1.165) is 9.13 Å². The zero-order valence-electron chi connectivity index (χ0n) is 11.0. The maximum Gasteiger partial charge on any atom is 0.326 e. The molecule has 108 valence electrons. The van der Waals surface area contributed by atoms with Gasteiger partial charge in [0.2, 0.25) is 0 Å². The summed E-state index contributed by atoms with van der Waals surface area (Å²) in [5.74, 6) is -0.361. The van der Waals surface area contributed by atoms with Crippen molar-refractivity contribution in [1.82, 2.24) is 5.06 Å². The minimum absolute atomic E-state index is 0.101. The Hall–Kier alpha value is -0.700. The average Bonchev–Trinajstić information content (AvgIpc) is 2.93. The maximum absolute atomic E-state index is 12.0. The Bertz CT molecular complexity index is 506. The van der Waals surface area contributed by atoms with Gasteiger partial charge in [0.05, 0.1) is 19.1 Å². The van der Waals surface area contributed by atoms with E-state index in [4.69, 9.17) is 9.57 Å². The fourth-order valence-electron chi connectivity index (χ4n) is 2.93. The molecule has 4 atom stereocenters. The van der Waals surface area contributed by atoms with Gasteiger partial charge in [0.15, 0.2) is 0 Å². The fraction of sp³-hybridized carbons (Fsp3) is 0.500. The Labute approximate surface area is 130 Å². The van der Waals surface area contributed by atoms with Crippen LogP contribution in [0.2, 0.25) is 0 Å². The van der Waals surface area contributed by atoms with Crippen molar-refractivity contribution in [2.24, 2.45) is 5.92 Å². The molecule has 20 heavy (non-hydrogen) atoms. The summed E-state index contributed by atoms with van der Waals surface area (Å²) >= 11 is 2.25. The Morgan fingerprint density at radius 1 is 1.35 bits per heavy atom. The lowest BCUT2D eigenvalue weighted by atomic mass is 9.93. The highest BCUT2D eigenvalue weighted by molar-refractivity contribution is 14.1. The van der Waals surface area contributed by atoms with Crippen molar-refractivity contribution in [2.75, 3.05) is 6.61 Å². The highest BCUT2D eigenvalue weighted by Gasteiger charge is 2.55. The lowest BCUT2D eigenvalue weighted by Crippen LogP contribution is -2.35. The molecule has 0 aliphatic carbocycles. The van der Waals surface area contributed by atoms with Crippen LogP contribution < -0.4 is 0 Å². The number of hydrogen-bond donors (Lipinski definition) is 1. The second kappa shape index (κ2) is 5.59. The zero-order chi connectivity index (χ0) is 14.3. The number of carbonyl (C=O) groups excluding carboxylic acids is 1. The number of fused-ring (bicyclic) bond motifs is 1. The van der Waals surface area contributed by atoms with Crippen LogP contribution >= 0.6 is 22.6 Å².